The Bertz CT molecular complexity index is 215. The van der Waals surface area contributed by atoms with Gasteiger partial charge in [-0.15, -0.1) is 0 Å². The number of aliphatic hydroxyl groups excluding tert-OH is 2. The van der Waals surface area contributed by atoms with Gasteiger partial charge in [-0.2, -0.15) is 0 Å². The lowest BCUT2D eigenvalue weighted by molar-refractivity contribution is -0.0197. The summed E-state index contributed by atoms with van der Waals surface area (Å²) in [5.41, 5.74) is 0. The lowest BCUT2D eigenvalue weighted by Crippen LogP contribution is -2.18. The molecule has 0 aromatic rings. The third-order valence-electron chi connectivity index (χ3n) is 3.30. The Balaban J connectivity index is 3.08. The molecule has 1 unspecified atom stereocenters. The second-order valence-electron chi connectivity index (χ2n) is 5.49. The molecule has 0 bridgehead atoms. The van der Waals surface area contributed by atoms with Crippen molar-refractivity contribution in [2.75, 3.05) is 59.5 Å². The Morgan fingerprint density at radius 3 is 1.78 bits per heavy atom. The lowest BCUT2D eigenvalue weighted by Gasteiger charge is -2.11. The lowest BCUT2D eigenvalue weighted by atomic mass is 10.1. The molecule has 0 aliphatic rings. The van der Waals surface area contributed by atoms with E-state index >= 15 is 0 Å². The van der Waals surface area contributed by atoms with Gasteiger partial charge < -0.3 is 29.2 Å². The number of ether oxygens (including phenoxy) is 4. The van der Waals surface area contributed by atoms with E-state index in [-0.39, 0.29) is 12.7 Å². The molecule has 0 saturated heterocycles. The highest BCUT2D eigenvalue weighted by Gasteiger charge is 2.03. The van der Waals surface area contributed by atoms with Gasteiger partial charge in [-0.3, -0.25) is 0 Å². The maximum absolute atomic E-state index is 9.75. The summed E-state index contributed by atoms with van der Waals surface area (Å²) in [5, 5.41) is 18.3. The van der Waals surface area contributed by atoms with E-state index in [0.29, 0.717) is 52.9 Å². The molecule has 6 heteroatoms. The molecule has 1 atom stereocenters. The first-order chi connectivity index (χ1) is 11.3. The zero-order valence-corrected chi connectivity index (χ0v) is 14.7. The van der Waals surface area contributed by atoms with Gasteiger partial charge in [0, 0.05) is 0 Å². The van der Waals surface area contributed by atoms with Crippen molar-refractivity contribution in [2.24, 2.45) is 0 Å². The first kappa shape index (κ1) is 22.8. The van der Waals surface area contributed by atoms with Crippen LogP contribution in [0.2, 0.25) is 0 Å². The normalized spacial score (nSPS) is 12.7. The molecule has 0 heterocycles. The van der Waals surface area contributed by atoms with Gasteiger partial charge in [0.1, 0.15) is 0 Å². The monoisotopic (exact) mass is 336 g/mol. The van der Waals surface area contributed by atoms with Gasteiger partial charge in [0.15, 0.2) is 0 Å². The van der Waals surface area contributed by atoms with Gasteiger partial charge in [0.2, 0.25) is 0 Å². The maximum atomic E-state index is 9.75. The van der Waals surface area contributed by atoms with Gasteiger partial charge in [-0.05, 0) is 6.42 Å². The summed E-state index contributed by atoms with van der Waals surface area (Å²) in [5.74, 6) is 0. The van der Waals surface area contributed by atoms with Crippen molar-refractivity contribution in [2.45, 2.75) is 51.6 Å². The van der Waals surface area contributed by atoms with Crippen LogP contribution in [-0.4, -0.2) is 75.8 Å². The summed E-state index contributed by atoms with van der Waals surface area (Å²) in [6.45, 7) is 6.00. The largest absolute Gasteiger partial charge is 0.394 e. The molecule has 140 valence electrons. The van der Waals surface area contributed by atoms with Gasteiger partial charge in [-0.1, -0.05) is 39.0 Å². The van der Waals surface area contributed by atoms with Crippen LogP contribution in [0.1, 0.15) is 45.4 Å². The fourth-order valence-corrected chi connectivity index (χ4v) is 2.01. The first-order valence-corrected chi connectivity index (χ1v) is 8.91. The van der Waals surface area contributed by atoms with Crippen molar-refractivity contribution in [1.82, 2.24) is 0 Å². The van der Waals surface area contributed by atoms with Crippen molar-refractivity contribution < 1.29 is 29.2 Å². The summed E-state index contributed by atoms with van der Waals surface area (Å²) in [6.07, 6.45) is 6.50. The standard InChI is InChI=1S/C17H36O6/c1-2-3-4-5-6-7-17(19)16-23-15-14-22-13-12-21-11-10-20-9-8-18/h17-19H,2-16H2,1H3. The fourth-order valence-electron chi connectivity index (χ4n) is 2.01. The Hall–Kier alpha value is -0.240. The molecule has 0 rings (SSSR count). The Morgan fingerprint density at radius 2 is 1.22 bits per heavy atom. The van der Waals surface area contributed by atoms with Crippen LogP contribution in [0.5, 0.6) is 0 Å². The average Bonchev–Trinajstić information content (AvgIpc) is 2.55. The SMILES string of the molecule is CCCCCCCC(O)COCCOCCOCCOCCO. The van der Waals surface area contributed by atoms with Crippen LogP contribution in [0.25, 0.3) is 0 Å². The van der Waals surface area contributed by atoms with Gasteiger partial charge >= 0.3 is 0 Å². The van der Waals surface area contributed by atoms with E-state index < -0.39 is 0 Å². The number of aliphatic hydroxyl groups is 2. The van der Waals surface area contributed by atoms with Crippen molar-refractivity contribution in [1.29, 1.82) is 0 Å². The van der Waals surface area contributed by atoms with Crippen LogP contribution in [-0.2, 0) is 18.9 Å². The van der Waals surface area contributed by atoms with Crippen molar-refractivity contribution in [3.8, 4) is 0 Å². The highest BCUT2D eigenvalue weighted by molar-refractivity contribution is 4.54. The van der Waals surface area contributed by atoms with E-state index in [1.807, 2.05) is 0 Å². The van der Waals surface area contributed by atoms with Gasteiger partial charge in [0.05, 0.1) is 65.6 Å². The molecule has 23 heavy (non-hydrogen) atoms. The Morgan fingerprint density at radius 1 is 0.696 bits per heavy atom. The van der Waals surface area contributed by atoms with Crippen LogP contribution in [0.4, 0.5) is 0 Å². The van der Waals surface area contributed by atoms with Crippen molar-refractivity contribution in [3.05, 3.63) is 0 Å². The summed E-state index contributed by atoms with van der Waals surface area (Å²) in [4.78, 5) is 0. The van der Waals surface area contributed by atoms with E-state index in [9.17, 15) is 5.11 Å². The topological polar surface area (TPSA) is 77.4 Å². The molecule has 0 fully saturated rings. The smallest absolute Gasteiger partial charge is 0.0773 e. The molecule has 0 aromatic carbocycles. The van der Waals surface area contributed by atoms with E-state index in [2.05, 4.69) is 6.92 Å². The van der Waals surface area contributed by atoms with Crippen molar-refractivity contribution >= 4 is 0 Å². The molecule has 0 aliphatic carbocycles. The fraction of sp³-hybridized carbons (Fsp3) is 1.00. The predicted octanol–water partition coefficient (Wildman–Crippen LogP) is 1.77. The molecular formula is C17H36O6. The van der Waals surface area contributed by atoms with Crippen LogP contribution in [0.15, 0.2) is 0 Å². The minimum atomic E-state index is -0.362. The average molecular weight is 336 g/mol. The molecular weight excluding hydrogens is 300 g/mol. The highest BCUT2D eigenvalue weighted by Crippen LogP contribution is 2.07. The molecule has 0 aliphatic heterocycles. The zero-order valence-electron chi connectivity index (χ0n) is 14.7. The predicted molar refractivity (Wildman–Crippen MR) is 89.7 cm³/mol. The third-order valence-corrected chi connectivity index (χ3v) is 3.30. The van der Waals surface area contributed by atoms with E-state index in [1.54, 1.807) is 0 Å². The first-order valence-electron chi connectivity index (χ1n) is 8.91. The van der Waals surface area contributed by atoms with Crippen LogP contribution < -0.4 is 0 Å². The second-order valence-corrected chi connectivity index (χ2v) is 5.49. The second kappa shape index (κ2) is 19.8. The molecule has 0 radical (unpaired) electrons. The number of hydrogen-bond acceptors (Lipinski definition) is 6. The molecule has 0 aromatic heterocycles. The summed E-state index contributed by atoms with van der Waals surface area (Å²) >= 11 is 0. The summed E-state index contributed by atoms with van der Waals surface area (Å²) in [6, 6.07) is 0. The third kappa shape index (κ3) is 19.7. The Kier molecular flexibility index (Phi) is 19.6. The summed E-state index contributed by atoms with van der Waals surface area (Å²) in [7, 11) is 0. The van der Waals surface area contributed by atoms with E-state index in [4.69, 9.17) is 24.1 Å². The Labute approximate surface area is 141 Å². The van der Waals surface area contributed by atoms with Crippen molar-refractivity contribution in [3.63, 3.8) is 0 Å². The van der Waals surface area contributed by atoms with Crippen LogP contribution in [0.3, 0.4) is 0 Å². The molecule has 0 amide bonds. The highest BCUT2D eigenvalue weighted by atomic mass is 16.6. The maximum Gasteiger partial charge on any atom is 0.0773 e. The minimum Gasteiger partial charge on any atom is -0.394 e. The zero-order chi connectivity index (χ0) is 17.0. The van der Waals surface area contributed by atoms with Crippen LogP contribution >= 0.6 is 0 Å². The van der Waals surface area contributed by atoms with E-state index in [1.165, 1.54) is 25.7 Å². The summed E-state index contributed by atoms with van der Waals surface area (Å²) < 4.78 is 21.1. The molecule has 0 saturated carbocycles. The van der Waals surface area contributed by atoms with Gasteiger partial charge in [-0.25, -0.2) is 0 Å². The molecule has 6 nitrogen and oxygen atoms in total. The van der Waals surface area contributed by atoms with E-state index in [0.717, 1.165) is 12.8 Å². The quantitative estimate of drug-likeness (QED) is 0.350. The van der Waals surface area contributed by atoms with Gasteiger partial charge in [0.25, 0.3) is 0 Å². The molecule has 2 N–H and O–H groups in total. The van der Waals surface area contributed by atoms with Crippen LogP contribution in [0, 0.1) is 0 Å². The number of hydrogen-bond donors (Lipinski definition) is 2. The number of unbranched alkanes of at least 4 members (excludes halogenated alkanes) is 4. The molecule has 0 spiro atoms. The number of rotatable bonds is 19. The minimum absolute atomic E-state index is 0.0384.